The Kier molecular flexibility index (Phi) is 6.12. The van der Waals surface area contributed by atoms with Crippen LogP contribution in [0.3, 0.4) is 0 Å². The van der Waals surface area contributed by atoms with Crippen molar-refractivity contribution in [3.63, 3.8) is 0 Å². The number of hydrogen-bond acceptors (Lipinski definition) is 4. The maximum Gasteiger partial charge on any atom is 0.307 e. The van der Waals surface area contributed by atoms with Gasteiger partial charge in [0, 0.05) is 44.0 Å². The summed E-state index contributed by atoms with van der Waals surface area (Å²) in [5.74, 6) is -1.15. The van der Waals surface area contributed by atoms with E-state index in [-0.39, 0.29) is 5.91 Å². The smallest absolute Gasteiger partial charge is 0.307 e. The molecule has 1 aliphatic heterocycles. The molecule has 2 aliphatic rings. The molecule has 1 saturated carbocycles. The van der Waals surface area contributed by atoms with Gasteiger partial charge in [-0.3, -0.25) is 14.5 Å². The van der Waals surface area contributed by atoms with Gasteiger partial charge in [-0.1, -0.05) is 39.0 Å². The number of benzene rings is 1. The van der Waals surface area contributed by atoms with Crippen molar-refractivity contribution in [3.05, 3.63) is 47.3 Å². The molecular weight excluding hydrogens is 416 g/mol. The molecule has 4 rings (SSSR count). The van der Waals surface area contributed by atoms with E-state index in [2.05, 4.69) is 30.9 Å². The standard InChI is InChI=1S/C26H36N4O3/c1-18-21(19(2)30(27-18)20-9-7-6-8-10-20)17-28-13-15-29(16-14-28)24(33)26(5)12-11-22(23(31)32)25(26,3)4/h6-10,22H,11-17H2,1-5H3,(H,31,32)/t22-,26-/m0/s1. The van der Waals surface area contributed by atoms with Gasteiger partial charge < -0.3 is 10.0 Å². The van der Waals surface area contributed by atoms with Gasteiger partial charge in [0.05, 0.1) is 22.7 Å². The van der Waals surface area contributed by atoms with Gasteiger partial charge in [0.15, 0.2) is 0 Å². The minimum absolute atomic E-state index is 0.111. The first-order valence-corrected chi connectivity index (χ1v) is 11.9. The number of aromatic nitrogens is 2. The predicted octanol–water partition coefficient (Wildman–Crippen LogP) is 3.66. The highest BCUT2D eigenvalue weighted by molar-refractivity contribution is 5.86. The Morgan fingerprint density at radius 2 is 1.70 bits per heavy atom. The highest BCUT2D eigenvalue weighted by Gasteiger charge is 2.59. The minimum atomic E-state index is -0.789. The number of hydrogen-bond donors (Lipinski definition) is 1. The van der Waals surface area contributed by atoms with Gasteiger partial charge in [0.2, 0.25) is 5.91 Å². The fourth-order valence-corrected chi connectivity index (χ4v) is 5.72. The molecule has 1 aromatic carbocycles. The molecule has 0 radical (unpaired) electrons. The summed E-state index contributed by atoms with van der Waals surface area (Å²) in [4.78, 5) is 29.6. The quantitative estimate of drug-likeness (QED) is 0.749. The third-order valence-corrected chi connectivity index (χ3v) is 8.48. The van der Waals surface area contributed by atoms with Crippen LogP contribution in [0.15, 0.2) is 30.3 Å². The molecular formula is C26H36N4O3. The molecule has 2 heterocycles. The molecule has 1 amide bonds. The zero-order valence-electron chi connectivity index (χ0n) is 20.5. The van der Waals surface area contributed by atoms with E-state index in [0.717, 1.165) is 36.7 Å². The summed E-state index contributed by atoms with van der Waals surface area (Å²) >= 11 is 0. The molecule has 1 N–H and O–H groups in total. The fraction of sp³-hybridized carbons (Fsp3) is 0.577. The summed E-state index contributed by atoms with van der Waals surface area (Å²) in [6.45, 7) is 13.8. The maximum atomic E-state index is 13.5. The van der Waals surface area contributed by atoms with Crippen LogP contribution in [-0.4, -0.2) is 62.7 Å². The molecule has 0 unspecified atom stereocenters. The average molecular weight is 453 g/mol. The highest BCUT2D eigenvalue weighted by Crippen LogP contribution is 2.56. The number of carbonyl (C=O) groups excluding carboxylic acids is 1. The van der Waals surface area contributed by atoms with Crippen LogP contribution in [-0.2, 0) is 16.1 Å². The van der Waals surface area contributed by atoms with Crippen LogP contribution in [0, 0.1) is 30.6 Å². The topological polar surface area (TPSA) is 78.7 Å². The van der Waals surface area contributed by atoms with Crippen molar-refractivity contribution < 1.29 is 14.7 Å². The van der Waals surface area contributed by atoms with Crippen molar-refractivity contribution in [3.8, 4) is 5.69 Å². The monoisotopic (exact) mass is 452 g/mol. The number of carboxylic acid groups (broad SMARTS) is 1. The molecule has 2 fully saturated rings. The van der Waals surface area contributed by atoms with Crippen LogP contribution in [0.25, 0.3) is 5.69 Å². The number of piperazine rings is 1. The SMILES string of the molecule is Cc1nn(-c2ccccc2)c(C)c1CN1CCN(C(=O)[C@]2(C)CC[C@@H](C(=O)O)C2(C)C)CC1. The van der Waals surface area contributed by atoms with Gasteiger partial charge in [0.1, 0.15) is 0 Å². The second-order valence-corrected chi connectivity index (χ2v) is 10.4. The molecule has 1 saturated heterocycles. The number of para-hydroxylation sites is 1. The van der Waals surface area contributed by atoms with Crippen LogP contribution in [0.2, 0.25) is 0 Å². The Morgan fingerprint density at radius 1 is 1.06 bits per heavy atom. The Bertz CT molecular complexity index is 1040. The fourth-order valence-electron chi connectivity index (χ4n) is 5.72. The Morgan fingerprint density at radius 3 is 2.27 bits per heavy atom. The van der Waals surface area contributed by atoms with E-state index in [1.807, 2.05) is 48.6 Å². The van der Waals surface area contributed by atoms with Crippen molar-refractivity contribution in [1.29, 1.82) is 0 Å². The summed E-state index contributed by atoms with van der Waals surface area (Å²) in [6.07, 6.45) is 1.20. The lowest BCUT2D eigenvalue weighted by Crippen LogP contribution is -2.55. The van der Waals surface area contributed by atoms with Crippen molar-refractivity contribution in [2.24, 2.45) is 16.7 Å². The van der Waals surface area contributed by atoms with Crippen LogP contribution in [0.5, 0.6) is 0 Å². The predicted molar refractivity (Wildman–Crippen MR) is 127 cm³/mol. The number of amides is 1. The zero-order chi connectivity index (χ0) is 24.0. The highest BCUT2D eigenvalue weighted by atomic mass is 16.4. The van der Waals surface area contributed by atoms with Crippen LogP contribution in [0.4, 0.5) is 0 Å². The first kappa shape index (κ1) is 23.5. The van der Waals surface area contributed by atoms with Crippen LogP contribution in [0.1, 0.15) is 50.6 Å². The summed E-state index contributed by atoms with van der Waals surface area (Å²) in [7, 11) is 0. The summed E-state index contributed by atoms with van der Waals surface area (Å²) in [5.41, 5.74) is 3.29. The van der Waals surface area contributed by atoms with Gasteiger partial charge in [-0.05, 0) is 44.2 Å². The minimum Gasteiger partial charge on any atom is -0.481 e. The largest absolute Gasteiger partial charge is 0.481 e. The summed E-state index contributed by atoms with van der Waals surface area (Å²) in [6, 6.07) is 10.2. The van der Waals surface area contributed by atoms with E-state index in [4.69, 9.17) is 5.10 Å². The Labute approximate surface area is 196 Å². The lowest BCUT2D eigenvalue weighted by Gasteiger charge is -2.44. The van der Waals surface area contributed by atoms with Crippen molar-refractivity contribution in [2.45, 2.75) is 54.0 Å². The van der Waals surface area contributed by atoms with Crippen molar-refractivity contribution >= 4 is 11.9 Å². The van der Waals surface area contributed by atoms with E-state index < -0.39 is 22.7 Å². The first-order valence-electron chi connectivity index (χ1n) is 11.9. The number of aryl methyl sites for hydroxylation is 1. The van der Waals surface area contributed by atoms with Crippen molar-refractivity contribution in [1.82, 2.24) is 19.6 Å². The number of carboxylic acids is 1. The Balaban J connectivity index is 1.42. The van der Waals surface area contributed by atoms with Gasteiger partial charge in [-0.2, -0.15) is 5.10 Å². The second kappa shape index (κ2) is 8.60. The molecule has 0 spiro atoms. The lowest BCUT2D eigenvalue weighted by atomic mass is 9.65. The van der Waals surface area contributed by atoms with Gasteiger partial charge in [-0.25, -0.2) is 4.68 Å². The molecule has 1 aromatic heterocycles. The first-order chi connectivity index (χ1) is 15.6. The number of rotatable bonds is 5. The molecule has 2 aromatic rings. The van der Waals surface area contributed by atoms with Gasteiger partial charge >= 0.3 is 5.97 Å². The molecule has 33 heavy (non-hydrogen) atoms. The molecule has 1 aliphatic carbocycles. The normalized spacial score (nSPS) is 25.4. The zero-order valence-corrected chi connectivity index (χ0v) is 20.5. The van der Waals surface area contributed by atoms with Crippen LogP contribution < -0.4 is 0 Å². The lowest BCUT2D eigenvalue weighted by molar-refractivity contribution is -0.154. The maximum absolute atomic E-state index is 13.5. The molecule has 178 valence electrons. The summed E-state index contributed by atoms with van der Waals surface area (Å²) in [5, 5.41) is 14.4. The van der Waals surface area contributed by atoms with E-state index in [1.54, 1.807) is 0 Å². The van der Waals surface area contributed by atoms with E-state index in [1.165, 1.54) is 5.56 Å². The molecule has 7 heteroatoms. The van der Waals surface area contributed by atoms with Crippen molar-refractivity contribution in [2.75, 3.05) is 26.2 Å². The second-order valence-electron chi connectivity index (χ2n) is 10.4. The third kappa shape index (κ3) is 3.97. The summed E-state index contributed by atoms with van der Waals surface area (Å²) < 4.78 is 2.01. The molecule has 2 atom stereocenters. The van der Waals surface area contributed by atoms with E-state index >= 15 is 0 Å². The van der Waals surface area contributed by atoms with E-state index in [0.29, 0.717) is 25.9 Å². The van der Waals surface area contributed by atoms with Gasteiger partial charge in [-0.15, -0.1) is 0 Å². The van der Waals surface area contributed by atoms with Crippen LogP contribution >= 0.6 is 0 Å². The molecule has 7 nitrogen and oxygen atoms in total. The third-order valence-electron chi connectivity index (χ3n) is 8.48. The van der Waals surface area contributed by atoms with Gasteiger partial charge in [0.25, 0.3) is 0 Å². The number of nitrogens with zero attached hydrogens (tertiary/aromatic N) is 4. The Hall–Kier alpha value is -2.67. The van der Waals surface area contributed by atoms with E-state index in [9.17, 15) is 14.7 Å². The number of carbonyl (C=O) groups is 2. The average Bonchev–Trinajstić information content (AvgIpc) is 3.21. The molecule has 0 bridgehead atoms. The number of aliphatic carboxylic acids is 1.